The quantitative estimate of drug-likeness (QED) is 0.720. The Morgan fingerprint density at radius 2 is 2.00 bits per heavy atom. The molecule has 26 heavy (non-hydrogen) atoms. The molecule has 0 radical (unpaired) electrons. The van der Waals surface area contributed by atoms with Crippen LogP contribution in [0.25, 0.3) is 0 Å². The summed E-state index contributed by atoms with van der Waals surface area (Å²) in [6.45, 7) is 2.44. The Balaban J connectivity index is 1.35. The van der Waals surface area contributed by atoms with Gasteiger partial charge in [-0.3, -0.25) is 4.79 Å². The molecule has 1 N–H and O–H groups in total. The van der Waals surface area contributed by atoms with Gasteiger partial charge in [-0.25, -0.2) is 0 Å². The second-order valence-corrected chi connectivity index (χ2v) is 8.35. The van der Waals surface area contributed by atoms with Crippen molar-refractivity contribution in [3.05, 3.63) is 35.7 Å². The van der Waals surface area contributed by atoms with Crippen molar-refractivity contribution in [2.45, 2.75) is 61.5 Å². The molecule has 2 aliphatic carbocycles. The number of benzene rings is 1. The van der Waals surface area contributed by atoms with Crippen LogP contribution in [0.3, 0.4) is 0 Å². The second kappa shape index (κ2) is 7.31. The normalized spacial score (nSPS) is 17.8. The third-order valence-electron chi connectivity index (χ3n) is 4.82. The standard InChI is InChI=1S/C19H24N4O2S/c1-12(18(24)20-11-13-3-9-16(25-2)10-4-13)26-19-22-21-17(14-5-6-14)23(19)15-7-8-15/h3-4,9-10,12,14-15H,5-8,11H2,1-2H3,(H,20,24). The molecule has 4 rings (SSSR count). The molecule has 1 aromatic heterocycles. The molecule has 0 bridgehead atoms. The van der Waals surface area contributed by atoms with Crippen LogP contribution in [0.2, 0.25) is 0 Å². The molecule has 6 nitrogen and oxygen atoms in total. The zero-order valence-corrected chi connectivity index (χ0v) is 16.0. The van der Waals surface area contributed by atoms with Crippen LogP contribution in [0.5, 0.6) is 5.75 Å². The summed E-state index contributed by atoms with van der Waals surface area (Å²) < 4.78 is 7.44. The van der Waals surface area contributed by atoms with E-state index in [0.29, 0.717) is 18.5 Å². The first kappa shape index (κ1) is 17.4. The first-order valence-electron chi connectivity index (χ1n) is 9.18. The summed E-state index contributed by atoms with van der Waals surface area (Å²) in [5, 5.41) is 12.5. The number of carbonyl (C=O) groups excluding carboxylic acids is 1. The van der Waals surface area contributed by atoms with Crippen LogP contribution in [0.1, 0.15) is 56.0 Å². The fraction of sp³-hybridized carbons (Fsp3) is 0.526. The maximum absolute atomic E-state index is 12.5. The number of carbonyl (C=O) groups is 1. The molecule has 1 heterocycles. The lowest BCUT2D eigenvalue weighted by molar-refractivity contribution is -0.120. The van der Waals surface area contributed by atoms with Gasteiger partial charge in [0.05, 0.1) is 12.4 Å². The van der Waals surface area contributed by atoms with Crippen molar-refractivity contribution in [3.8, 4) is 5.75 Å². The van der Waals surface area contributed by atoms with Crippen molar-refractivity contribution in [2.24, 2.45) is 0 Å². The van der Waals surface area contributed by atoms with E-state index in [1.54, 1.807) is 7.11 Å². The van der Waals surface area contributed by atoms with E-state index in [1.165, 1.54) is 37.4 Å². The molecule has 0 aliphatic heterocycles. The molecule has 0 saturated heterocycles. The van der Waals surface area contributed by atoms with E-state index in [0.717, 1.165) is 22.3 Å². The van der Waals surface area contributed by atoms with E-state index >= 15 is 0 Å². The van der Waals surface area contributed by atoms with Crippen molar-refractivity contribution >= 4 is 17.7 Å². The van der Waals surface area contributed by atoms with Crippen LogP contribution >= 0.6 is 11.8 Å². The molecule has 2 fully saturated rings. The van der Waals surface area contributed by atoms with Gasteiger partial charge in [0.25, 0.3) is 0 Å². The number of thioether (sulfide) groups is 1. The Morgan fingerprint density at radius 1 is 1.27 bits per heavy atom. The van der Waals surface area contributed by atoms with Gasteiger partial charge in [-0.15, -0.1) is 10.2 Å². The summed E-state index contributed by atoms with van der Waals surface area (Å²) in [7, 11) is 1.64. The Hall–Kier alpha value is -2.02. The minimum Gasteiger partial charge on any atom is -0.497 e. The fourth-order valence-electron chi connectivity index (χ4n) is 2.95. The van der Waals surface area contributed by atoms with Crippen LogP contribution in [0.15, 0.2) is 29.4 Å². The summed E-state index contributed by atoms with van der Waals surface area (Å²) in [5.74, 6) is 2.54. The summed E-state index contributed by atoms with van der Waals surface area (Å²) in [6, 6.07) is 8.26. The first-order chi connectivity index (χ1) is 12.7. The number of rotatable bonds is 8. The van der Waals surface area contributed by atoms with Crippen LogP contribution in [0, 0.1) is 0 Å². The highest BCUT2D eigenvalue weighted by atomic mass is 32.2. The van der Waals surface area contributed by atoms with Crippen molar-refractivity contribution in [2.75, 3.05) is 7.11 Å². The minimum atomic E-state index is -0.206. The van der Waals surface area contributed by atoms with Gasteiger partial charge in [-0.2, -0.15) is 0 Å². The first-order valence-corrected chi connectivity index (χ1v) is 10.1. The number of aromatic nitrogens is 3. The maximum atomic E-state index is 12.5. The summed E-state index contributed by atoms with van der Waals surface area (Å²) in [4.78, 5) is 12.5. The average Bonchev–Trinajstić information content (AvgIpc) is 3.59. The van der Waals surface area contributed by atoms with Crippen molar-refractivity contribution < 1.29 is 9.53 Å². The van der Waals surface area contributed by atoms with Gasteiger partial charge >= 0.3 is 0 Å². The van der Waals surface area contributed by atoms with Crippen molar-refractivity contribution in [1.82, 2.24) is 20.1 Å². The van der Waals surface area contributed by atoms with E-state index in [4.69, 9.17) is 4.74 Å². The molecule has 2 saturated carbocycles. The lowest BCUT2D eigenvalue weighted by Gasteiger charge is -2.13. The molecule has 7 heteroatoms. The Bertz CT molecular complexity index is 781. The molecule has 2 aliphatic rings. The molecule has 1 unspecified atom stereocenters. The molecule has 0 spiro atoms. The van der Waals surface area contributed by atoms with Crippen molar-refractivity contribution in [1.29, 1.82) is 0 Å². The number of methoxy groups -OCH3 is 1. The number of hydrogen-bond acceptors (Lipinski definition) is 5. The van der Waals surface area contributed by atoms with Crippen LogP contribution in [0.4, 0.5) is 0 Å². The van der Waals surface area contributed by atoms with Crippen LogP contribution < -0.4 is 10.1 Å². The topological polar surface area (TPSA) is 69.0 Å². The van der Waals surface area contributed by atoms with Gasteiger partial charge in [0.15, 0.2) is 5.16 Å². The highest BCUT2D eigenvalue weighted by Gasteiger charge is 2.37. The van der Waals surface area contributed by atoms with E-state index < -0.39 is 0 Å². The number of amides is 1. The van der Waals surface area contributed by atoms with E-state index in [9.17, 15) is 4.79 Å². The maximum Gasteiger partial charge on any atom is 0.233 e. The van der Waals surface area contributed by atoms with E-state index in [2.05, 4.69) is 20.1 Å². The SMILES string of the molecule is COc1ccc(CNC(=O)C(C)Sc2nnc(C3CC3)n2C2CC2)cc1. The molecule has 1 amide bonds. The lowest BCUT2D eigenvalue weighted by atomic mass is 10.2. The Morgan fingerprint density at radius 3 is 2.62 bits per heavy atom. The smallest absolute Gasteiger partial charge is 0.233 e. The molecule has 1 aromatic carbocycles. The number of hydrogen-bond donors (Lipinski definition) is 1. The average molecular weight is 372 g/mol. The number of ether oxygens (including phenoxy) is 1. The van der Waals surface area contributed by atoms with E-state index in [-0.39, 0.29) is 11.2 Å². The number of nitrogens with one attached hydrogen (secondary N) is 1. The third kappa shape index (κ3) is 3.87. The third-order valence-corrected chi connectivity index (χ3v) is 5.88. The highest BCUT2D eigenvalue weighted by Crippen LogP contribution is 2.46. The van der Waals surface area contributed by atoms with Gasteiger partial charge in [0.2, 0.25) is 5.91 Å². The molecule has 138 valence electrons. The van der Waals surface area contributed by atoms with E-state index in [1.807, 2.05) is 31.2 Å². The zero-order chi connectivity index (χ0) is 18.1. The minimum absolute atomic E-state index is 0.0177. The highest BCUT2D eigenvalue weighted by molar-refractivity contribution is 8.00. The van der Waals surface area contributed by atoms with Gasteiger partial charge in [0, 0.05) is 18.5 Å². The predicted octanol–water partition coefficient (Wildman–Crippen LogP) is 3.30. The summed E-state index contributed by atoms with van der Waals surface area (Å²) in [5.41, 5.74) is 1.05. The largest absolute Gasteiger partial charge is 0.497 e. The Kier molecular flexibility index (Phi) is 4.89. The summed E-state index contributed by atoms with van der Waals surface area (Å²) in [6.07, 6.45) is 4.83. The number of nitrogens with zero attached hydrogens (tertiary/aromatic N) is 3. The van der Waals surface area contributed by atoms with Crippen molar-refractivity contribution in [3.63, 3.8) is 0 Å². The zero-order valence-electron chi connectivity index (χ0n) is 15.1. The molecule has 1 atom stereocenters. The monoisotopic (exact) mass is 372 g/mol. The second-order valence-electron chi connectivity index (χ2n) is 7.04. The fourth-order valence-corrected chi connectivity index (χ4v) is 3.90. The summed E-state index contributed by atoms with van der Waals surface area (Å²) >= 11 is 1.51. The molecular formula is C19H24N4O2S. The van der Waals surface area contributed by atoms with Crippen LogP contribution in [-0.2, 0) is 11.3 Å². The predicted molar refractivity (Wildman–Crippen MR) is 100 cm³/mol. The van der Waals surface area contributed by atoms with Gasteiger partial charge < -0.3 is 14.6 Å². The van der Waals surface area contributed by atoms with Gasteiger partial charge in [0.1, 0.15) is 11.6 Å². The Labute approximate surface area is 157 Å². The molecule has 2 aromatic rings. The lowest BCUT2D eigenvalue weighted by Crippen LogP contribution is -2.30. The van der Waals surface area contributed by atoms with Gasteiger partial charge in [-0.05, 0) is 50.3 Å². The molecular weight excluding hydrogens is 348 g/mol. The van der Waals surface area contributed by atoms with Crippen LogP contribution in [-0.4, -0.2) is 33.0 Å². The van der Waals surface area contributed by atoms with Gasteiger partial charge in [-0.1, -0.05) is 23.9 Å².